The molecular weight excluding hydrogens is 532 g/mol. The molecule has 2 atom stereocenters. The number of nitrogens with zero attached hydrogens (tertiary/aromatic N) is 4. The van der Waals surface area contributed by atoms with Gasteiger partial charge in [0.1, 0.15) is 6.61 Å². The number of likely N-dealkylation sites (tertiary alicyclic amines) is 2. The topological polar surface area (TPSA) is 96.2 Å². The van der Waals surface area contributed by atoms with E-state index in [4.69, 9.17) is 4.74 Å². The lowest BCUT2D eigenvalue weighted by Crippen LogP contribution is -2.51. The van der Waals surface area contributed by atoms with Crippen LogP contribution in [0.3, 0.4) is 0 Å². The standard InChI is InChI=1S/C33H36N4O5/c1-2-19-36(33(39)42-24-25-13-15-29(16-14-25)37(40)41)28-17-20-34(21-18-28)31-23-35(32(38)27-11-7-4-8-12-27)22-30(31)26-9-5-3-6-10-26/h2-16,28,30-31H,1,17-24H2/t30-,31+/m1/s1. The number of nitro benzene ring substituents is 1. The van der Waals surface area contributed by atoms with Crippen LogP contribution in [0.5, 0.6) is 0 Å². The van der Waals surface area contributed by atoms with Crippen LogP contribution in [-0.4, -0.2) is 76.4 Å². The van der Waals surface area contributed by atoms with Crippen molar-refractivity contribution in [3.8, 4) is 0 Å². The second-order valence-corrected chi connectivity index (χ2v) is 10.8. The lowest BCUT2D eigenvalue weighted by molar-refractivity contribution is -0.384. The summed E-state index contributed by atoms with van der Waals surface area (Å²) in [5, 5.41) is 10.9. The van der Waals surface area contributed by atoms with E-state index in [9.17, 15) is 19.7 Å². The van der Waals surface area contributed by atoms with Gasteiger partial charge in [-0.3, -0.25) is 19.8 Å². The Labute approximate surface area is 246 Å². The number of ether oxygens (including phenoxy) is 1. The third kappa shape index (κ3) is 6.69. The minimum Gasteiger partial charge on any atom is -0.445 e. The Bertz CT molecular complexity index is 1370. The molecule has 0 bridgehead atoms. The maximum atomic E-state index is 13.4. The molecule has 2 saturated heterocycles. The van der Waals surface area contributed by atoms with E-state index in [1.807, 2.05) is 41.3 Å². The normalized spacial score (nSPS) is 19.3. The van der Waals surface area contributed by atoms with Crippen LogP contribution in [0.1, 0.15) is 40.2 Å². The first kappa shape index (κ1) is 29.0. The molecule has 0 saturated carbocycles. The molecule has 42 heavy (non-hydrogen) atoms. The average Bonchev–Trinajstić information content (AvgIpc) is 3.49. The van der Waals surface area contributed by atoms with Crippen molar-refractivity contribution in [1.82, 2.24) is 14.7 Å². The van der Waals surface area contributed by atoms with Crippen molar-refractivity contribution < 1.29 is 19.2 Å². The van der Waals surface area contributed by atoms with Crippen LogP contribution in [0.25, 0.3) is 0 Å². The molecule has 0 radical (unpaired) electrons. The quantitative estimate of drug-likeness (QED) is 0.192. The second-order valence-electron chi connectivity index (χ2n) is 10.8. The number of hydrogen-bond donors (Lipinski definition) is 0. The Morgan fingerprint density at radius 2 is 1.60 bits per heavy atom. The first-order valence-electron chi connectivity index (χ1n) is 14.4. The molecule has 3 aromatic rings. The van der Waals surface area contributed by atoms with Gasteiger partial charge in [0.15, 0.2) is 0 Å². The van der Waals surface area contributed by atoms with E-state index in [1.165, 1.54) is 17.7 Å². The highest BCUT2D eigenvalue weighted by molar-refractivity contribution is 5.94. The molecule has 0 spiro atoms. The van der Waals surface area contributed by atoms with Crippen LogP contribution >= 0.6 is 0 Å². The Morgan fingerprint density at radius 3 is 2.21 bits per heavy atom. The van der Waals surface area contributed by atoms with E-state index in [0.29, 0.717) is 30.8 Å². The molecule has 9 nitrogen and oxygen atoms in total. The molecule has 218 valence electrons. The minimum atomic E-state index is -0.458. The fraction of sp³-hybridized carbons (Fsp3) is 0.333. The highest BCUT2D eigenvalue weighted by Gasteiger charge is 2.41. The van der Waals surface area contributed by atoms with Crippen molar-refractivity contribution in [2.75, 3.05) is 32.7 Å². The minimum absolute atomic E-state index is 0.00208. The van der Waals surface area contributed by atoms with Gasteiger partial charge < -0.3 is 14.5 Å². The molecule has 0 N–H and O–H groups in total. The number of benzene rings is 3. The number of hydrogen-bond acceptors (Lipinski definition) is 6. The first-order valence-corrected chi connectivity index (χ1v) is 14.4. The Hall–Kier alpha value is -4.50. The van der Waals surface area contributed by atoms with Crippen molar-refractivity contribution in [3.05, 3.63) is 124 Å². The fourth-order valence-electron chi connectivity index (χ4n) is 6.10. The van der Waals surface area contributed by atoms with E-state index in [0.717, 1.165) is 25.9 Å². The van der Waals surface area contributed by atoms with Crippen molar-refractivity contribution in [3.63, 3.8) is 0 Å². The molecule has 2 heterocycles. The van der Waals surface area contributed by atoms with Crippen LogP contribution in [0.15, 0.2) is 97.6 Å². The third-order valence-electron chi connectivity index (χ3n) is 8.30. The van der Waals surface area contributed by atoms with Gasteiger partial charge in [0, 0.05) is 68.4 Å². The summed E-state index contributed by atoms with van der Waals surface area (Å²) in [5.74, 6) is 0.258. The summed E-state index contributed by atoms with van der Waals surface area (Å²) >= 11 is 0. The predicted molar refractivity (Wildman–Crippen MR) is 160 cm³/mol. The van der Waals surface area contributed by atoms with Gasteiger partial charge in [-0.05, 0) is 48.2 Å². The number of rotatable bonds is 9. The molecule has 2 aliphatic rings. The Kier molecular flexibility index (Phi) is 9.28. The van der Waals surface area contributed by atoms with Crippen LogP contribution in [0, 0.1) is 10.1 Å². The van der Waals surface area contributed by atoms with Crippen LogP contribution < -0.4 is 0 Å². The van der Waals surface area contributed by atoms with Gasteiger partial charge in [0.25, 0.3) is 11.6 Å². The molecule has 2 aliphatic heterocycles. The molecule has 0 unspecified atom stereocenters. The second kappa shape index (κ2) is 13.4. The van der Waals surface area contributed by atoms with Crippen molar-refractivity contribution in [1.29, 1.82) is 0 Å². The lowest BCUT2D eigenvalue weighted by Gasteiger charge is -2.41. The third-order valence-corrected chi connectivity index (χ3v) is 8.30. The van der Waals surface area contributed by atoms with Gasteiger partial charge >= 0.3 is 6.09 Å². The largest absolute Gasteiger partial charge is 0.445 e. The van der Waals surface area contributed by atoms with Crippen molar-refractivity contribution in [2.24, 2.45) is 0 Å². The number of amides is 2. The number of non-ortho nitro benzene ring substituents is 1. The smallest absolute Gasteiger partial charge is 0.410 e. The number of nitro groups is 1. The first-order chi connectivity index (χ1) is 20.4. The van der Waals surface area contributed by atoms with E-state index in [-0.39, 0.29) is 36.2 Å². The highest BCUT2D eigenvalue weighted by atomic mass is 16.6. The average molecular weight is 569 g/mol. The molecule has 3 aromatic carbocycles. The van der Waals surface area contributed by atoms with E-state index < -0.39 is 11.0 Å². The Morgan fingerprint density at radius 1 is 0.952 bits per heavy atom. The maximum Gasteiger partial charge on any atom is 0.410 e. The van der Waals surface area contributed by atoms with Gasteiger partial charge in [0.05, 0.1) is 4.92 Å². The van der Waals surface area contributed by atoms with E-state index in [2.05, 4.69) is 35.7 Å². The molecule has 0 aromatic heterocycles. The zero-order valence-corrected chi connectivity index (χ0v) is 23.6. The summed E-state index contributed by atoms with van der Waals surface area (Å²) < 4.78 is 5.59. The molecule has 2 amide bonds. The number of piperidine rings is 1. The molecule has 2 fully saturated rings. The van der Waals surface area contributed by atoms with Gasteiger partial charge in [-0.1, -0.05) is 54.6 Å². The van der Waals surface area contributed by atoms with Crippen molar-refractivity contribution >= 4 is 17.7 Å². The lowest BCUT2D eigenvalue weighted by atomic mass is 9.91. The van der Waals surface area contributed by atoms with Crippen molar-refractivity contribution in [2.45, 2.75) is 37.5 Å². The summed E-state index contributed by atoms with van der Waals surface area (Å²) in [6.07, 6.45) is 2.85. The van der Waals surface area contributed by atoms with Crippen LogP contribution in [-0.2, 0) is 11.3 Å². The van der Waals surface area contributed by atoms with Crippen LogP contribution in [0.4, 0.5) is 10.5 Å². The highest BCUT2D eigenvalue weighted by Crippen LogP contribution is 2.34. The van der Waals surface area contributed by atoms with Gasteiger partial charge in [-0.2, -0.15) is 0 Å². The molecule has 5 rings (SSSR count). The summed E-state index contributed by atoms with van der Waals surface area (Å²) in [6, 6.07) is 26.0. The van der Waals surface area contributed by atoms with Crippen LogP contribution in [0.2, 0.25) is 0 Å². The van der Waals surface area contributed by atoms with Gasteiger partial charge in [-0.15, -0.1) is 6.58 Å². The summed E-state index contributed by atoms with van der Waals surface area (Å²) in [5.41, 5.74) is 2.62. The summed E-state index contributed by atoms with van der Waals surface area (Å²) in [7, 11) is 0. The monoisotopic (exact) mass is 568 g/mol. The SMILES string of the molecule is C=CCN(C(=O)OCc1ccc([N+](=O)[O-])cc1)C1CCN([C@H]2CN(C(=O)c3ccccc3)C[C@@H]2c2ccccc2)CC1. The summed E-state index contributed by atoms with van der Waals surface area (Å²) in [4.78, 5) is 43.1. The predicted octanol–water partition coefficient (Wildman–Crippen LogP) is 5.49. The zero-order chi connectivity index (χ0) is 29.5. The van der Waals surface area contributed by atoms with E-state index >= 15 is 0 Å². The zero-order valence-electron chi connectivity index (χ0n) is 23.6. The maximum absolute atomic E-state index is 13.4. The molecule has 9 heteroatoms. The summed E-state index contributed by atoms with van der Waals surface area (Å²) in [6.45, 7) is 7.17. The van der Waals surface area contributed by atoms with Gasteiger partial charge in [-0.25, -0.2) is 4.79 Å². The number of carbonyl (C=O) groups excluding carboxylic acids is 2. The van der Waals surface area contributed by atoms with E-state index in [1.54, 1.807) is 23.1 Å². The fourth-order valence-corrected chi connectivity index (χ4v) is 6.10. The number of carbonyl (C=O) groups is 2. The van der Waals surface area contributed by atoms with Gasteiger partial charge in [0.2, 0.25) is 0 Å². The molecule has 0 aliphatic carbocycles. The molecular formula is C33H36N4O5. The Balaban J connectivity index is 1.23.